The molecule has 2 unspecified atom stereocenters. The van der Waals surface area contributed by atoms with Crippen molar-refractivity contribution in [2.24, 2.45) is 0 Å². The van der Waals surface area contributed by atoms with Gasteiger partial charge in [0.05, 0.1) is 12.2 Å². The van der Waals surface area contributed by atoms with Crippen LogP contribution in [0.15, 0.2) is 16.6 Å². The van der Waals surface area contributed by atoms with E-state index < -0.39 is 12.2 Å². The van der Waals surface area contributed by atoms with Crippen molar-refractivity contribution in [3.05, 3.63) is 33.3 Å². The molecule has 0 spiro atoms. The zero-order valence-corrected chi connectivity index (χ0v) is 11.6. The van der Waals surface area contributed by atoms with Crippen LogP contribution in [0.5, 0.6) is 0 Å². The van der Waals surface area contributed by atoms with Gasteiger partial charge in [-0.15, -0.1) is 0 Å². The first-order chi connectivity index (χ1) is 7.41. The number of aliphatic hydroxyl groups excluding tert-OH is 2. The Labute approximate surface area is 105 Å². The van der Waals surface area contributed by atoms with Crippen LogP contribution in [0.25, 0.3) is 0 Å². The maximum atomic E-state index is 9.54. The van der Waals surface area contributed by atoms with E-state index in [9.17, 15) is 10.2 Å². The minimum Gasteiger partial charge on any atom is -0.391 e. The van der Waals surface area contributed by atoms with E-state index in [4.69, 9.17) is 0 Å². The monoisotopic (exact) mass is 286 g/mol. The lowest BCUT2D eigenvalue weighted by Gasteiger charge is -2.14. The standard InChI is InChI=1S/C13H19BrO2/c1-8-6-11(12(14)7-9(8)2)4-5-13(16)10(3)15/h6-7,10,13,15-16H,4-5H2,1-3H3. The van der Waals surface area contributed by atoms with Gasteiger partial charge in [-0.05, 0) is 56.4 Å². The largest absolute Gasteiger partial charge is 0.391 e. The van der Waals surface area contributed by atoms with Crippen molar-refractivity contribution in [3.8, 4) is 0 Å². The van der Waals surface area contributed by atoms with Crippen LogP contribution in [0.2, 0.25) is 0 Å². The van der Waals surface area contributed by atoms with E-state index in [1.54, 1.807) is 6.92 Å². The van der Waals surface area contributed by atoms with Crippen molar-refractivity contribution in [1.29, 1.82) is 0 Å². The first-order valence-electron chi connectivity index (χ1n) is 5.53. The van der Waals surface area contributed by atoms with Gasteiger partial charge in [0.15, 0.2) is 0 Å². The van der Waals surface area contributed by atoms with E-state index in [0.717, 1.165) is 10.9 Å². The Kier molecular flexibility index (Phi) is 4.96. The third-order valence-electron chi connectivity index (χ3n) is 2.93. The van der Waals surface area contributed by atoms with Gasteiger partial charge in [-0.2, -0.15) is 0 Å². The number of aryl methyl sites for hydroxylation is 3. The zero-order valence-electron chi connectivity index (χ0n) is 10.00. The van der Waals surface area contributed by atoms with Crippen molar-refractivity contribution in [2.45, 2.75) is 45.8 Å². The molecule has 0 aliphatic heterocycles. The van der Waals surface area contributed by atoms with Crippen LogP contribution < -0.4 is 0 Å². The molecule has 0 bridgehead atoms. The molecular formula is C13H19BrO2. The highest BCUT2D eigenvalue weighted by Gasteiger charge is 2.12. The molecule has 0 saturated carbocycles. The molecule has 3 heteroatoms. The zero-order chi connectivity index (χ0) is 12.3. The van der Waals surface area contributed by atoms with E-state index in [2.05, 4.69) is 41.9 Å². The normalized spacial score (nSPS) is 14.9. The van der Waals surface area contributed by atoms with Gasteiger partial charge in [0.1, 0.15) is 0 Å². The van der Waals surface area contributed by atoms with Crippen LogP contribution in [-0.2, 0) is 6.42 Å². The van der Waals surface area contributed by atoms with E-state index >= 15 is 0 Å². The van der Waals surface area contributed by atoms with Crippen LogP contribution in [0, 0.1) is 13.8 Å². The summed E-state index contributed by atoms with van der Waals surface area (Å²) >= 11 is 3.52. The Morgan fingerprint density at radius 1 is 1.19 bits per heavy atom. The maximum Gasteiger partial charge on any atom is 0.0799 e. The van der Waals surface area contributed by atoms with Crippen LogP contribution in [-0.4, -0.2) is 22.4 Å². The van der Waals surface area contributed by atoms with E-state index in [0.29, 0.717) is 6.42 Å². The topological polar surface area (TPSA) is 40.5 Å². The highest BCUT2D eigenvalue weighted by molar-refractivity contribution is 9.10. The number of benzene rings is 1. The van der Waals surface area contributed by atoms with Gasteiger partial charge < -0.3 is 10.2 Å². The SMILES string of the molecule is Cc1cc(Br)c(CCC(O)C(C)O)cc1C. The first kappa shape index (κ1) is 13.7. The minimum atomic E-state index is -0.662. The van der Waals surface area contributed by atoms with E-state index in [-0.39, 0.29) is 0 Å². The van der Waals surface area contributed by atoms with Crippen LogP contribution in [0.4, 0.5) is 0 Å². The molecule has 2 nitrogen and oxygen atoms in total. The molecule has 16 heavy (non-hydrogen) atoms. The average Bonchev–Trinajstić information content (AvgIpc) is 2.20. The summed E-state index contributed by atoms with van der Waals surface area (Å²) in [5.74, 6) is 0. The molecule has 0 aromatic heterocycles. The number of halogens is 1. The molecule has 1 aromatic carbocycles. The summed E-state index contributed by atoms with van der Waals surface area (Å²) in [7, 11) is 0. The molecule has 0 radical (unpaired) electrons. The van der Waals surface area contributed by atoms with Gasteiger partial charge in [0.25, 0.3) is 0 Å². The summed E-state index contributed by atoms with van der Waals surface area (Å²) in [5, 5.41) is 18.7. The second-order valence-electron chi connectivity index (χ2n) is 4.37. The summed E-state index contributed by atoms with van der Waals surface area (Å²) < 4.78 is 1.08. The number of hydrogen-bond acceptors (Lipinski definition) is 2. The molecule has 0 heterocycles. The molecule has 0 fully saturated rings. The van der Waals surface area contributed by atoms with Gasteiger partial charge in [-0.1, -0.05) is 22.0 Å². The van der Waals surface area contributed by atoms with Crippen molar-refractivity contribution in [2.75, 3.05) is 0 Å². The third kappa shape index (κ3) is 3.58. The Balaban J connectivity index is 2.71. The van der Waals surface area contributed by atoms with Gasteiger partial charge in [0.2, 0.25) is 0 Å². The highest BCUT2D eigenvalue weighted by atomic mass is 79.9. The van der Waals surface area contributed by atoms with E-state index in [1.165, 1.54) is 16.7 Å². The predicted octanol–water partition coefficient (Wildman–Crippen LogP) is 2.74. The second kappa shape index (κ2) is 5.80. The number of hydrogen-bond donors (Lipinski definition) is 2. The summed E-state index contributed by atoms with van der Waals surface area (Å²) in [4.78, 5) is 0. The third-order valence-corrected chi connectivity index (χ3v) is 3.67. The Morgan fingerprint density at radius 2 is 1.75 bits per heavy atom. The van der Waals surface area contributed by atoms with Gasteiger partial charge in [-0.3, -0.25) is 0 Å². The molecule has 0 amide bonds. The molecule has 2 atom stereocenters. The Hall–Kier alpha value is -0.380. The van der Waals surface area contributed by atoms with Gasteiger partial charge >= 0.3 is 0 Å². The molecule has 1 rings (SSSR count). The second-order valence-corrected chi connectivity index (χ2v) is 5.23. The van der Waals surface area contributed by atoms with Crippen LogP contribution >= 0.6 is 15.9 Å². The Morgan fingerprint density at radius 3 is 2.31 bits per heavy atom. The maximum absolute atomic E-state index is 9.54. The van der Waals surface area contributed by atoms with Gasteiger partial charge in [-0.25, -0.2) is 0 Å². The fourth-order valence-corrected chi connectivity index (χ4v) is 2.23. The summed E-state index contributed by atoms with van der Waals surface area (Å²) in [5.41, 5.74) is 3.69. The first-order valence-corrected chi connectivity index (χ1v) is 6.33. The van der Waals surface area contributed by atoms with Crippen molar-refractivity contribution in [1.82, 2.24) is 0 Å². The van der Waals surface area contributed by atoms with E-state index in [1.807, 2.05) is 0 Å². The summed E-state index contributed by atoms with van der Waals surface area (Å²) in [6.07, 6.45) is 0.0471. The lowest BCUT2D eigenvalue weighted by molar-refractivity contribution is 0.0265. The number of aliphatic hydroxyl groups is 2. The Bertz CT molecular complexity index is 361. The lowest BCUT2D eigenvalue weighted by atomic mass is 10.0. The number of rotatable bonds is 4. The van der Waals surface area contributed by atoms with Gasteiger partial charge in [0, 0.05) is 4.47 Å². The molecule has 1 aromatic rings. The van der Waals surface area contributed by atoms with Crippen LogP contribution in [0.3, 0.4) is 0 Å². The predicted molar refractivity (Wildman–Crippen MR) is 69.6 cm³/mol. The van der Waals surface area contributed by atoms with Crippen molar-refractivity contribution < 1.29 is 10.2 Å². The summed E-state index contributed by atoms with van der Waals surface area (Å²) in [6, 6.07) is 4.23. The quantitative estimate of drug-likeness (QED) is 0.894. The summed E-state index contributed by atoms with van der Waals surface area (Å²) in [6.45, 7) is 5.77. The smallest absolute Gasteiger partial charge is 0.0799 e. The lowest BCUT2D eigenvalue weighted by Crippen LogP contribution is -2.22. The van der Waals surface area contributed by atoms with Crippen LogP contribution in [0.1, 0.15) is 30.0 Å². The van der Waals surface area contributed by atoms with Crippen molar-refractivity contribution in [3.63, 3.8) is 0 Å². The highest BCUT2D eigenvalue weighted by Crippen LogP contribution is 2.23. The molecule has 0 aliphatic carbocycles. The molecule has 0 saturated heterocycles. The molecule has 0 aliphatic rings. The molecule has 90 valence electrons. The average molecular weight is 287 g/mol. The fourth-order valence-electron chi connectivity index (χ4n) is 1.58. The molecule has 2 N–H and O–H groups in total. The molecular weight excluding hydrogens is 268 g/mol. The van der Waals surface area contributed by atoms with Crippen molar-refractivity contribution >= 4 is 15.9 Å². The fraction of sp³-hybridized carbons (Fsp3) is 0.538. The minimum absolute atomic E-state index is 0.582.